The summed E-state index contributed by atoms with van der Waals surface area (Å²) in [4.78, 5) is 15.2. The first-order valence-electron chi connectivity index (χ1n) is 5.91. The molecule has 2 rings (SSSR count). The fourth-order valence-corrected chi connectivity index (χ4v) is 1.85. The molecule has 0 radical (unpaired) electrons. The smallest absolute Gasteiger partial charge is 0.278 e. The second-order valence-corrected chi connectivity index (χ2v) is 4.43. The lowest BCUT2D eigenvalue weighted by atomic mass is 10.2. The van der Waals surface area contributed by atoms with Crippen LogP contribution in [0.15, 0.2) is 47.6 Å². The van der Waals surface area contributed by atoms with Gasteiger partial charge < -0.3 is 4.84 Å². The minimum Gasteiger partial charge on any atom is -0.391 e. The normalized spacial score (nSPS) is 10.8. The van der Waals surface area contributed by atoms with Gasteiger partial charge in [0.15, 0.2) is 0 Å². The van der Waals surface area contributed by atoms with Crippen LogP contribution in [0.5, 0.6) is 0 Å². The highest BCUT2D eigenvalue weighted by Gasteiger charge is 2.10. The van der Waals surface area contributed by atoms with Crippen molar-refractivity contribution in [3.05, 3.63) is 74.5 Å². The van der Waals surface area contributed by atoms with Crippen LogP contribution in [0.3, 0.4) is 0 Å². The van der Waals surface area contributed by atoms with Crippen LogP contribution in [-0.4, -0.2) is 11.1 Å². The zero-order chi connectivity index (χ0) is 15.2. The van der Waals surface area contributed by atoms with Gasteiger partial charge in [0.05, 0.1) is 21.7 Å². The molecule has 0 aromatic heterocycles. The van der Waals surface area contributed by atoms with Gasteiger partial charge in [-0.15, -0.1) is 0 Å². The standard InChI is InChI=1S/C14H10ClFN2O3/c15-12-5-3-6-13(16)11(12)9-21-17-8-10-4-1-2-7-14(10)18(19)20/h1-8H,9H2/b17-8+. The fourth-order valence-electron chi connectivity index (χ4n) is 1.63. The second kappa shape index (κ2) is 6.81. The van der Waals surface area contributed by atoms with Crippen molar-refractivity contribution in [3.8, 4) is 0 Å². The van der Waals surface area contributed by atoms with E-state index in [0.29, 0.717) is 5.56 Å². The minimum absolute atomic E-state index is 0.0891. The summed E-state index contributed by atoms with van der Waals surface area (Å²) in [7, 11) is 0. The molecular formula is C14H10ClFN2O3. The predicted octanol–water partition coefficient (Wildman–Crippen LogP) is 3.94. The molecule has 2 aromatic rings. The van der Waals surface area contributed by atoms with Crippen molar-refractivity contribution in [2.75, 3.05) is 0 Å². The summed E-state index contributed by atoms with van der Waals surface area (Å²) in [5.41, 5.74) is 0.384. The van der Waals surface area contributed by atoms with E-state index in [1.165, 1.54) is 36.5 Å². The average Bonchev–Trinajstić information content (AvgIpc) is 2.46. The molecule has 0 N–H and O–H groups in total. The van der Waals surface area contributed by atoms with E-state index in [1.54, 1.807) is 12.1 Å². The monoisotopic (exact) mass is 308 g/mol. The van der Waals surface area contributed by atoms with E-state index in [9.17, 15) is 14.5 Å². The molecule has 2 aromatic carbocycles. The number of halogens is 2. The maximum Gasteiger partial charge on any atom is 0.278 e. The van der Waals surface area contributed by atoms with Crippen molar-refractivity contribution < 1.29 is 14.2 Å². The van der Waals surface area contributed by atoms with Crippen LogP contribution >= 0.6 is 11.6 Å². The first-order chi connectivity index (χ1) is 10.1. The van der Waals surface area contributed by atoms with Crippen LogP contribution in [0, 0.1) is 15.9 Å². The molecule has 0 unspecified atom stereocenters. The van der Waals surface area contributed by atoms with Gasteiger partial charge in [-0.05, 0) is 18.2 Å². The van der Waals surface area contributed by atoms with Gasteiger partial charge in [0.2, 0.25) is 0 Å². The van der Waals surface area contributed by atoms with Crippen LogP contribution in [0.1, 0.15) is 11.1 Å². The fraction of sp³-hybridized carbons (Fsp3) is 0.0714. The topological polar surface area (TPSA) is 64.7 Å². The van der Waals surface area contributed by atoms with E-state index in [0.717, 1.165) is 0 Å². The summed E-state index contributed by atoms with van der Waals surface area (Å²) >= 11 is 5.83. The largest absolute Gasteiger partial charge is 0.391 e. The van der Waals surface area contributed by atoms with Gasteiger partial charge in [-0.2, -0.15) is 0 Å². The van der Waals surface area contributed by atoms with Gasteiger partial charge in [-0.25, -0.2) is 4.39 Å². The van der Waals surface area contributed by atoms with Crippen molar-refractivity contribution >= 4 is 23.5 Å². The summed E-state index contributed by atoms with van der Waals surface area (Å²) in [6, 6.07) is 10.4. The molecule has 7 heteroatoms. The van der Waals surface area contributed by atoms with E-state index >= 15 is 0 Å². The number of nitrogens with zero attached hydrogens (tertiary/aromatic N) is 2. The summed E-state index contributed by atoms with van der Waals surface area (Å²) < 4.78 is 13.5. The first-order valence-corrected chi connectivity index (χ1v) is 6.29. The quantitative estimate of drug-likeness (QED) is 0.477. The average molecular weight is 309 g/mol. The van der Waals surface area contributed by atoms with E-state index in [2.05, 4.69) is 5.16 Å². The predicted molar refractivity (Wildman–Crippen MR) is 76.9 cm³/mol. The SMILES string of the molecule is O=[N+]([O-])c1ccccc1/C=N/OCc1c(F)cccc1Cl. The highest BCUT2D eigenvalue weighted by Crippen LogP contribution is 2.20. The molecule has 0 fully saturated rings. The van der Waals surface area contributed by atoms with Gasteiger partial charge in [-0.3, -0.25) is 10.1 Å². The molecule has 0 heterocycles. The van der Waals surface area contributed by atoms with E-state index in [4.69, 9.17) is 16.4 Å². The molecular weight excluding hydrogens is 299 g/mol. The van der Waals surface area contributed by atoms with Gasteiger partial charge in [0.1, 0.15) is 12.4 Å². The first kappa shape index (κ1) is 14.9. The summed E-state index contributed by atoms with van der Waals surface area (Å²) in [6.07, 6.45) is 1.20. The number of nitro benzene ring substituents is 1. The van der Waals surface area contributed by atoms with Gasteiger partial charge in [0, 0.05) is 11.6 Å². The highest BCUT2D eigenvalue weighted by molar-refractivity contribution is 6.31. The molecule has 0 spiro atoms. The molecule has 0 atom stereocenters. The summed E-state index contributed by atoms with van der Waals surface area (Å²) in [6.45, 7) is -0.164. The molecule has 21 heavy (non-hydrogen) atoms. The number of oxime groups is 1. The molecule has 0 bridgehead atoms. The Balaban J connectivity index is 2.06. The Bertz CT molecular complexity index is 671. The van der Waals surface area contributed by atoms with Gasteiger partial charge >= 0.3 is 0 Å². The van der Waals surface area contributed by atoms with Crippen LogP contribution in [0.4, 0.5) is 10.1 Å². The Morgan fingerprint density at radius 2 is 2.05 bits per heavy atom. The molecule has 0 aliphatic rings. The number of hydrogen-bond donors (Lipinski definition) is 0. The molecule has 0 saturated carbocycles. The van der Waals surface area contributed by atoms with Crippen molar-refractivity contribution in [1.29, 1.82) is 0 Å². The van der Waals surface area contributed by atoms with Crippen molar-refractivity contribution in [2.24, 2.45) is 5.16 Å². The molecule has 0 saturated heterocycles. The molecule has 108 valence electrons. The third-order valence-corrected chi connectivity index (χ3v) is 3.02. The Morgan fingerprint density at radius 3 is 2.76 bits per heavy atom. The lowest BCUT2D eigenvalue weighted by molar-refractivity contribution is -0.385. The van der Waals surface area contributed by atoms with E-state index in [1.807, 2.05) is 0 Å². The molecule has 0 aliphatic heterocycles. The zero-order valence-corrected chi connectivity index (χ0v) is 11.5. The molecule has 0 aliphatic carbocycles. The number of nitro groups is 1. The third kappa shape index (κ3) is 3.76. The molecule has 0 amide bonds. The second-order valence-electron chi connectivity index (χ2n) is 4.02. The highest BCUT2D eigenvalue weighted by atomic mass is 35.5. The maximum atomic E-state index is 13.5. The minimum atomic E-state index is -0.519. The Labute approximate surface area is 124 Å². The van der Waals surface area contributed by atoms with E-state index in [-0.39, 0.29) is 22.9 Å². The van der Waals surface area contributed by atoms with Gasteiger partial charge in [-0.1, -0.05) is 35.0 Å². The Hall–Kier alpha value is -2.47. The summed E-state index contributed by atoms with van der Waals surface area (Å²) in [5.74, 6) is -0.497. The van der Waals surface area contributed by atoms with Crippen molar-refractivity contribution in [1.82, 2.24) is 0 Å². The van der Waals surface area contributed by atoms with Crippen molar-refractivity contribution in [2.45, 2.75) is 6.61 Å². The number of para-hydroxylation sites is 1. The summed E-state index contributed by atoms with van der Waals surface area (Å²) in [5, 5.41) is 14.6. The lowest BCUT2D eigenvalue weighted by Crippen LogP contribution is -1.96. The Morgan fingerprint density at radius 1 is 1.29 bits per heavy atom. The maximum absolute atomic E-state index is 13.5. The zero-order valence-electron chi connectivity index (χ0n) is 10.7. The number of benzene rings is 2. The van der Waals surface area contributed by atoms with Crippen molar-refractivity contribution in [3.63, 3.8) is 0 Å². The number of rotatable bonds is 5. The lowest BCUT2D eigenvalue weighted by Gasteiger charge is -2.03. The van der Waals surface area contributed by atoms with Crippen LogP contribution in [-0.2, 0) is 11.4 Å². The van der Waals surface area contributed by atoms with Gasteiger partial charge in [0.25, 0.3) is 5.69 Å². The molecule has 5 nitrogen and oxygen atoms in total. The van der Waals surface area contributed by atoms with E-state index < -0.39 is 10.7 Å². The van der Waals surface area contributed by atoms with Crippen LogP contribution in [0.2, 0.25) is 5.02 Å². The van der Waals surface area contributed by atoms with Crippen LogP contribution < -0.4 is 0 Å². The Kier molecular flexibility index (Phi) is 4.84. The third-order valence-electron chi connectivity index (χ3n) is 2.67. The number of hydrogen-bond acceptors (Lipinski definition) is 4. The van der Waals surface area contributed by atoms with Crippen LogP contribution in [0.25, 0.3) is 0 Å².